The molecule has 4 atom stereocenters. The summed E-state index contributed by atoms with van der Waals surface area (Å²) in [5, 5.41) is 36.9. The Hall–Kier alpha value is -8.89. The van der Waals surface area contributed by atoms with Crippen molar-refractivity contribution in [3.63, 3.8) is 0 Å². The molecule has 4 aliphatic heterocycles. The average Bonchev–Trinajstić information content (AvgIpc) is 4.35. The Kier molecular flexibility index (Phi) is 14.9. The Morgan fingerprint density at radius 1 is 0.646 bits per heavy atom. The number of piperidine rings is 2. The predicted octanol–water partition coefficient (Wildman–Crippen LogP) is 5.74. The molecule has 22 heteroatoms. The molecule has 79 heavy (non-hydrogen) atoms. The number of nitriles is 2. The van der Waals surface area contributed by atoms with Gasteiger partial charge in [-0.3, -0.25) is 19.2 Å². The molecule has 0 radical (unpaired) electrons. The fraction of sp³-hybridized carbons (Fsp3) is 0.421. The van der Waals surface area contributed by atoms with E-state index in [1.807, 2.05) is 60.7 Å². The van der Waals surface area contributed by atoms with Crippen LogP contribution in [0.4, 0.5) is 38.9 Å². The van der Waals surface area contributed by atoms with Crippen molar-refractivity contribution in [2.24, 2.45) is 28.0 Å². The molecular weight excluding hydrogens is 1000 g/mol. The van der Waals surface area contributed by atoms with E-state index in [0.717, 1.165) is 50.4 Å². The number of nitrogens with one attached hydrogen (secondary N) is 3. The summed E-state index contributed by atoms with van der Waals surface area (Å²) in [6, 6.07) is 22.1. The number of nitrogens with zero attached hydrogens (tertiary/aromatic N) is 10. The molecule has 4 fully saturated rings. The number of rotatable bonds is 11. The Morgan fingerprint density at radius 2 is 1.08 bits per heavy atom. The lowest BCUT2D eigenvalue weighted by molar-refractivity contribution is -0.119. The predicted molar refractivity (Wildman–Crippen MR) is 301 cm³/mol. The van der Waals surface area contributed by atoms with E-state index in [0.29, 0.717) is 76.4 Å². The van der Waals surface area contributed by atoms with Crippen LogP contribution in [0.2, 0.25) is 0 Å². The van der Waals surface area contributed by atoms with Crippen LogP contribution < -0.4 is 52.8 Å². The summed E-state index contributed by atoms with van der Waals surface area (Å²) in [5.74, 6) is -1.54. The second-order valence-corrected chi connectivity index (χ2v) is 23.1. The highest BCUT2D eigenvalue weighted by molar-refractivity contribution is 6.06. The molecule has 8 heterocycles. The van der Waals surface area contributed by atoms with E-state index >= 15 is 0 Å². The maximum Gasteiger partial charge on any atom is 0.408 e. The minimum absolute atomic E-state index is 0.000564. The first-order valence-corrected chi connectivity index (χ1v) is 26.5. The van der Waals surface area contributed by atoms with Crippen LogP contribution in [0.15, 0.2) is 85.5 Å². The van der Waals surface area contributed by atoms with Gasteiger partial charge in [0.25, 0.3) is 11.8 Å². The van der Waals surface area contributed by atoms with E-state index < -0.39 is 35.6 Å². The van der Waals surface area contributed by atoms with Gasteiger partial charge in [-0.1, -0.05) is 27.7 Å². The zero-order chi connectivity index (χ0) is 56.7. The number of amides is 5. The van der Waals surface area contributed by atoms with Gasteiger partial charge in [0.2, 0.25) is 11.8 Å². The Morgan fingerprint density at radius 3 is 1.46 bits per heavy atom. The topological polar surface area (TPSA) is 304 Å². The summed E-state index contributed by atoms with van der Waals surface area (Å²) >= 11 is 0. The second kappa shape index (κ2) is 21.5. The molecule has 10 rings (SSSR count). The van der Waals surface area contributed by atoms with Crippen LogP contribution in [0.1, 0.15) is 106 Å². The normalized spacial score (nSPS) is 20.8. The van der Waals surface area contributed by atoms with Crippen molar-refractivity contribution >= 4 is 74.9 Å². The average molecular weight is 1070 g/mol. The van der Waals surface area contributed by atoms with Crippen molar-refractivity contribution in [1.29, 1.82) is 10.5 Å². The fourth-order valence-corrected chi connectivity index (χ4v) is 11.1. The highest BCUT2D eigenvalue weighted by Gasteiger charge is 2.40. The van der Waals surface area contributed by atoms with E-state index in [-0.39, 0.29) is 40.3 Å². The van der Waals surface area contributed by atoms with Crippen molar-refractivity contribution in [2.45, 2.75) is 104 Å². The van der Waals surface area contributed by atoms with Crippen LogP contribution >= 0.6 is 0 Å². The maximum absolute atomic E-state index is 13.2. The molecule has 22 nitrogen and oxygen atoms in total. The van der Waals surface area contributed by atoms with E-state index in [4.69, 9.17) is 32.5 Å². The molecule has 0 saturated carbocycles. The molecule has 2 aromatic carbocycles. The number of primary amides is 2. The third kappa shape index (κ3) is 11.6. The van der Waals surface area contributed by atoms with Crippen LogP contribution in [-0.2, 0) is 14.3 Å². The van der Waals surface area contributed by atoms with Gasteiger partial charge in [-0.25, -0.2) is 13.8 Å². The van der Waals surface area contributed by atoms with E-state index in [9.17, 15) is 24.0 Å². The molecule has 9 N–H and O–H groups in total. The van der Waals surface area contributed by atoms with Gasteiger partial charge >= 0.3 is 6.09 Å². The van der Waals surface area contributed by atoms with Crippen molar-refractivity contribution in [1.82, 2.24) is 24.5 Å². The van der Waals surface area contributed by atoms with Gasteiger partial charge in [0.1, 0.15) is 11.6 Å². The molecular formula is C57H68N16O6. The van der Waals surface area contributed by atoms with Crippen LogP contribution in [0.5, 0.6) is 0 Å². The van der Waals surface area contributed by atoms with Crippen molar-refractivity contribution in [3.8, 4) is 12.1 Å². The molecule has 412 valence electrons. The first-order valence-electron chi connectivity index (χ1n) is 26.5. The van der Waals surface area contributed by atoms with Gasteiger partial charge in [-0.05, 0) is 107 Å². The molecule has 0 aliphatic carbocycles. The molecule has 0 unspecified atom stereocenters. The van der Waals surface area contributed by atoms with Crippen LogP contribution in [-0.4, -0.2) is 118 Å². The summed E-state index contributed by atoms with van der Waals surface area (Å²) < 4.78 is 8.61. The highest BCUT2D eigenvalue weighted by atomic mass is 16.6. The van der Waals surface area contributed by atoms with Crippen molar-refractivity contribution in [3.05, 3.63) is 108 Å². The minimum Gasteiger partial charge on any atom is -0.444 e. The minimum atomic E-state index is -0.702. The molecule has 0 spiro atoms. The number of hydrogen-bond donors (Lipinski definition) is 6. The Bertz CT molecular complexity index is 3420. The summed E-state index contributed by atoms with van der Waals surface area (Å²) in [4.78, 5) is 70.7. The number of carbonyl (C=O) groups excluding carboxylic acids is 5. The number of anilines is 6. The third-order valence-electron chi connectivity index (χ3n) is 15.4. The maximum atomic E-state index is 13.2. The lowest BCUT2D eigenvalue weighted by Gasteiger charge is -2.46. The van der Waals surface area contributed by atoms with Crippen LogP contribution in [0.25, 0.3) is 11.0 Å². The van der Waals surface area contributed by atoms with Crippen molar-refractivity contribution < 1.29 is 28.7 Å². The van der Waals surface area contributed by atoms with E-state index in [2.05, 4.69) is 75.8 Å². The number of aromatic nitrogens is 4. The summed E-state index contributed by atoms with van der Waals surface area (Å²) in [7, 11) is 0. The first kappa shape index (κ1) is 54.9. The molecule has 0 bridgehead atoms. The SMILES string of the molecule is CC(C)(C)OC(=O)N[C@H]1CCN(c2cc3c(N[C@@H]4CCN(c5ccc(C#N)cc5)CC4(C)C)c(C(N)=O)cnn3c2)C1=O.CC1(C)CN(c2ccc(C#N)cc2)CC[C@H]1Nc1c(C(N)=O)cnn2cc(N3CC[C@H](N)C3=O)cc12. The molecule has 4 saturated heterocycles. The lowest BCUT2D eigenvalue weighted by Crippen LogP contribution is -2.52. The number of carbonyl (C=O) groups is 5. The monoisotopic (exact) mass is 1070 g/mol. The largest absolute Gasteiger partial charge is 0.444 e. The Labute approximate surface area is 458 Å². The standard InChI is InChI=1S/C31H38N8O4.C26H30N8O2/c1-30(2,3)43-29(42)35-23-10-13-38(28(23)41)21-14-24-26(22(27(33)40)16-34-39(24)17-21)36-25-11-12-37(18-31(25,4)5)20-8-6-19(15-32)7-9-20;1-26(2)15-32(17-5-3-16(12-27)4-6-17)9-8-22(26)31-23-19(24(29)35)13-30-34-14-18(11-21(23)34)33-10-7-20(28)25(33)36/h6-9,14,16-17,23,25,36H,10-13,18H2,1-5H3,(H2,33,40)(H,35,42);3-6,11,13-14,20,22,31H,7-10,15,28H2,1-2H3,(H2,29,35)/t23-,25+;20-,22+/m00/s1. The number of alkyl carbamates (subject to hydrolysis) is 1. The fourth-order valence-electron chi connectivity index (χ4n) is 11.1. The molecule has 4 aromatic heterocycles. The number of nitrogens with two attached hydrogens (primary N) is 3. The number of benzene rings is 2. The summed E-state index contributed by atoms with van der Waals surface area (Å²) in [6.07, 6.45) is 8.43. The van der Waals surface area contributed by atoms with Gasteiger partial charge in [-0.2, -0.15) is 20.7 Å². The first-order chi connectivity index (χ1) is 37.4. The molecule has 4 aliphatic rings. The van der Waals surface area contributed by atoms with Crippen LogP contribution in [0.3, 0.4) is 0 Å². The van der Waals surface area contributed by atoms with Crippen molar-refractivity contribution in [2.75, 3.05) is 69.5 Å². The summed E-state index contributed by atoms with van der Waals surface area (Å²) in [6.45, 7) is 18.1. The highest BCUT2D eigenvalue weighted by Crippen LogP contribution is 2.39. The zero-order valence-corrected chi connectivity index (χ0v) is 45.6. The van der Waals surface area contributed by atoms with Crippen LogP contribution in [0, 0.1) is 33.5 Å². The quantitative estimate of drug-likeness (QED) is 0.0902. The van der Waals surface area contributed by atoms with Gasteiger partial charge in [-0.15, -0.1) is 0 Å². The number of hydrogen-bond acceptors (Lipinski definition) is 15. The van der Waals surface area contributed by atoms with Gasteiger partial charge in [0, 0.05) is 73.6 Å². The zero-order valence-electron chi connectivity index (χ0n) is 45.6. The van der Waals surface area contributed by atoms with Gasteiger partial charge in [0.05, 0.1) is 99.0 Å². The number of ether oxygens (including phenoxy) is 1. The Balaban J connectivity index is 0.000000195. The second-order valence-electron chi connectivity index (χ2n) is 23.1. The summed E-state index contributed by atoms with van der Waals surface area (Å²) in [5.41, 5.74) is 24.1. The van der Waals surface area contributed by atoms with Gasteiger partial charge < -0.3 is 57.5 Å². The molecule has 5 amide bonds. The van der Waals surface area contributed by atoms with E-state index in [1.54, 1.807) is 52.0 Å². The van der Waals surface area contributed by atoms with Gasteiger partial charge in [0.15, 0.2) is 0 Å². The molecule has 6 aromatic rings. The van der Waals surface area contributed by atoms with E-state index in [1.165, 1.54) is 12.4 Å². The number of fused-ring (bicyclic) bond motifs is 2. The third-order valence-corrected chi connectivity index (χ3v) is 15.4. The lowest BCUT2D eigenvalue weighted by atomic mass is 9.78. The smallest absolute Gasteiger partial charge is 0.408 e.